The number of aryl methyl sites for hydroxylation is 1. The molecule has 0 N–H and O–H groups in total. The van der Waals surface area contributed by atoms with E-state index in [1.807, 2.05) is 24.3 Å². The van der Waals surface area contributed by atoms with Gasteiger partial charge in [0.05, 0.1) is 11.6 Å². The van der Waals surface area contributed by atoms with Crippen molar-refractivity contribution in [2.75, 3.05) is 4.90 Å². The van der Waals surface area contributed by atoms with Crippen LogP contribution in [-0.2, 0) is 0 Å². The van der Waals surface area contributed by atoms with Crippen LogP contribution in [-0.4, -0.2) is 0 Å². The third kappa shape index (κ3) is 6.57. The molecule has 11 aromatic carbocycles. The number of nitrogens with zero attached hydrogens (tertiary/aromatic N) is 2. The van der Waals surface area contributed by atoms with E-state index in [-0.39, 0.29) is 0 Å². The highest BCUT2D eigenvalue weighted by atomic mass is 15.1. The number of fused-ring (bicyclic) bond motifs is 4. The Morgan fingerprint density at radius 1 is 0.318 bits per heavy atom. The Balaban J connectivity index is 1.06. The van der Waals surface area contributed by atoms with Crippen molar-refractivity contribution >= 4 is 38.6 Å². The van der Waals surface area contributed by atoms with Crippen LogP contribution in [0.4, 0.5) is 17.1 Å². The lowest BCUT2D eigenvalue weighted by Gasteiger charge is -2.27. The highest BCUT2D eigenvalue weighted by molar-refractivity contribution is 6.28. The lowest BCUT2D eigenvalue weighted by Crippen LogP contribution is -2.10. The Bertz CT molecular complexity index is 3590. The van der Waals surface area contributed by atoms with E-state index < -0.39 is 0 Å². The van der Waals surface area contributed by atoms with Gasteiger partial charge < -0.3 is 4.90 Å². The summed E-state index contributed by atoms with van der Waals surface area (Å²) in [4.78, 5) is 2.37. The second kappa shape index (κ2) is 16.1. The first-order chi connectivity index (χ1) is 32.6. The lowest BCUT2D eigenvalue weighted by atomic mass is 9.82. The topological polar surface area (TPSA) is 27.0 Å². The molecular formula is C64H42N2. The standard InChI is InChI=1S/C64H42N2/c1-42-27-31-44(32-28-42)49-37-50(45-33-29-43(41-65)30-34-45)40-53(39-49)66(51-20-9-4-10-21-51)52-22-13-19-48(38-52)54-35-36-59-62-55(54)25-14-26-58(62)63-60(46-15-5-2-6-16-46)56-23-11-12-24-57(56)61(64(59)63)47-17-7-3-8-18-47/h2-40H,1H3. The quantitative estimate of drug-likeness (QED) is 0.152. The van der Waals surface area contributed by atoms with Crippen molar-refractivity contribution in [3.63, 3.8) is 0 Å². The van der Waals surface area contributed by atoms with Crippen LogP contribution >= 0.6 is 0 Å². The third-order valence-corrected chi connectivity index (χ3v) is 13.3. The number of nitriles is 1. The molecule has 0 unspecified atom stereocenters. The molecule has 0 saturated carbocycles. The molecule has 1 aliphatic rings. The summed E-state index contributed by atoms with van der Waals surface area (Å²) in [6.45, 7) is 2.12. The largest absolute Gasteiger partial charge is 0.310 e. The van der Waals surface area contributed by atoms with Gasteiger partial charge in [0.25, 0.3) is 0 Å². The number of hydrogen-bond acceptors (Lipinski definition) is 2. The molecule has 0 saturated heterocycles. The van der Waals surface area contributed by atoms with E-state index >= 15 is 0 Å². The van der Waals surface area contributed by atoms with E-state index in [1.54, 1.807) is 0 Å². The highest BCUT2D eigenvalue weighted by Gasteiger charge is 2.31. The van der Waals surface area contributed by atoms with Crippen molar-refractivity contribution < 1.29 is 0 Å². The normalized spacial score (nSPS) is 11.4. The molecule has 0 fully saturated rings. The Morgan fingerprint density at radius 3 is 1.39 bits per heavy atom. The van der Waals surface area contributed by atoms with E-state index in [4.69, 9.17) is 0 Å². The minimum Gasteiger partial charge on any atom is -0.310 e. The molecule has 66 heavy (non-hydrogen) atoms. The van der Waals surface area contributed by atoms with Gasteiger partial charge in [-0.3, -0.25) is 0 Å². The average Bonchev–Trinajstić information content (AvgIpc) is 3.71. The number of benzene rings is 11. The molecule has 0 heterocycles. The maximum Gasteiger partial charge on any atom is 0.0991 e. The summed E-state index contributed by atoms with van der Waals surface area (Å²) in [5.41, 5.74) is 21.9. The monoisotopic (exact) mass is 838 g/mol. The van der Waals surface area contributed by atoms with Gasteiger partial charge in [0.2, 0.25) is 0 Å². The smallest absolute Gasteiger partial charge is 0.0991 e. The minimum absolute atomic E-state index is 0.644. The first-order valence-corrected chi connectivity index (χ1v) is 22.6. The minimum atomic E-state index is 0.644. The van der Waals surface area contributed by atoms with Crippen molar-refractivity contribution in [3.8, 4) is 84.0 Å². The van der Waals surface area contributed by atoms with Gasteiger partial charge in [-0.05, 0) is 161 Å². The maximum absolute atomic E-state index is 9.61. The van der Waals surface area contributed by atoms with Gasteiger partial charge in [-0.2, -0.15) is 5.26 Å². The van der Waals surface area contributed by atoms with E-state index in [0.717, 1.165) is 44.9 Å². The van der Waals surface area contributed by atoms with Gasteiger partial charge in [0, 0.05) is 17.1 Å². The van der Waals surface area contributed by atoms with Gasteiger partial charge in [-0.1, -0.05) is 188 Å². The predicted octanol–water partition coefficient (Wildman–Crippen LogP) is 17.6. The molecule has 2 nitrogen and oxygen atoms in total. The summed E-state index contributed by atoms with van der Waals surface area (Å²) in [5.74, 6) is 0. The lowest BCUT2D eigenvalue weighted by molar-refractivity contribution is 1.28. The fourth-order valence-corrected chi connectivity index (χ4v) is 10.3. The maximum atomic E-state index is 9.61. The van der Waals surface area contributed by atoms with Crippen LogP contribution in [0, 0.1) is 18.3 Å². The predicted molar refractivity (Wildman–Crippen MR) is 277 cm³/mol. The molecule has 0 amide bonds. The van der Waals surface area contributed by atoms with Gasteiger partial charge in [-0.25, -0.2) is 0 Å². The summed E-state index contributed by atoms with van der Waals surface area (Å²) < 4.78 is 0. The van der Waals surface area contributed by atoms with Crippen LogP contribution in [0.3, 0.4) is 0 Å². The Morgan fingerprint density at radius 2 is 0.788 bits per heavy atom. The highest BCUT2D eigenvalue weighted by Crippen LogP contribution is 2.58. The Labute approximate surface area is 385 Å². The molecule has 11 aromatic rings. The molecule has 0 bridgehead atoms. The fourth-order valence-electron chi connectivity index (χ4n) is 10.3. The third-order valence-electron chi connectivity index (χ3n) is 13.3. The molecule has 0 radical (unpaired) electrons. The molecule has 2 heteroatoms. The second-order valence-corrected chi connectivity index (χ2v) is 17.2. The van der Waals surface area contributed by atoms with Crippen LogP contribution in [0.2, 0.25) is 0 Å². The zero-order valence-electron chi connectivity index (χ0n) is 36.4. The van der Waals surface area contributed by atoms with Crippen LogP contribution in [0.1, 0.15) is 11.1 Å². The summed E-state index contributed by atoms with van der Waals surface area (Å²) in [6, 6.07) is 87.8. The fraction of sp³-hybridized carbons (Fsp3) is 0.0156. The summed E-state index contributed by atoms with van der Waals surface area (Å²) in [5, 5.41) is 14.6. The van der Waals surface area contributed by atoms with Crippen molar-refractivity contribution in [2.24, 2.45) is 0 Å². The summed E-state index contributed by atoms with van der Waals surface area (Å²) >= 11 is 0. The summed E-state index contributed by atoms with van der Waals surface area (Å²) in [7, 11) is 0. The first-order valence-electron chi connectivity index (χ1n) is 22.6. The molecule has 1 aliphatic carbocycles. The van der Waals surface area contributed by atoms with Crippen LogP contribution < -0.4 is 4.90 Å². The average molecular weight is 839 g/mol. The van der Waals surface area contributed by atoms with Gasteiger partial charge in [0.15, 0.2) is 0 Å². The number of para-hydroxylation sites is 1. The van der Waals surface area contributed by atoms with Gasteiger partial charge in [0.1, 0.15) is 0 Å². The zero-order chi connectivity index (χ0) is 44.1. The Kier molecular flexibility index (Phi) is 9.48. The van der Waals surface area contributed by atoms with Crippen LogP contribution in [0.25, 0.3) is 99.4 Å². The SMILES string of the molecule is Cc1ccc(-c2cc(-c3ccc(C#N)cc3)cc(N(c3ccccc3)c3cccc(-c4ccc5c6c(cccc46)-c4c-5c(-c5ccccc5)c5ccccc5c4-c4ccccc4)c3)c2)cc1. The molecular weight excluding hydrogens is 797 g/mol. The van der Waals surface area contributed by atoms with Crippen molar-refractivity contribution in [1.29, 1.82) is 5.26 Å². The molecule has 0 atom stereocenters. The van der Waals surface area contributed by atoms with E-state index in [9.17, 15) is 5.26 Å². The van der Waals surface area contributed by atoms with E-state index in [0.29, 0.717) is 5.56 Å². The van der Waals surface area contributed by atoms with Crippen molar-refractivity contribution in [1.82, 2.24) is 0 Å². The molecule has 0 aliphatic heterocycles. The van der Waals surface area contributed by atoms with Crippen LogP contribution in [0.15, 0.2) is 237 Å². The zero-order valence-corrected chi connectivity index (χ0v) is 36.4. The van der Waals surface area contributed by atoms with Crippen LogP contribution in [0.5, 0.6) is 0 Å². The second-order valence-electron chi connectivity index (χ2n) is 17.2. The molecule has 0 aromatic heterocycles. The van der Waals surface area contributed by atoms with Crippen molar-refractivity contribution in [2.45, 2.75) is 6.92 Å². The number of anilines is 3. The first kappa shape index (κ1) is 38.9. The molecule has 308 valence electrons. The summed E-state index contributed by atoms with van der Waals surface area (Å²) in [6.07, 6.45) is 0. The van der Waals surface area contributed by atoms with Gasteiger partial charge >= 0.3 is 0 Å². The van der Waals surface area contributed by atoms with E-state index in [2.05, 4.69) is 230 Å². The van der Waals surface area contributed by atoms with Crippen molar-refractivity contribution in [3.05, 3.63) is 248 Å². The molecule has 0 spiro atoms. The number of rotatable bonds is 8. The molecule has 12 rings (SSSR count). The van der Waals surface area contributed by atoms with Gasteiger partial charge in [-0.15, -0.1) is 0 Å². The van der Waals surface area contributed by atoms with E-state index in [1.165, 1.54) is 77.2 Å². The Hall–Kier alpha value is -8.77. The number of hydrogen-bond donors (Lipinski definition) is 0.